The molecule has 0 fully saturated rings. The second-order valence-corrected chi connectivity index (χ2v) is 5.44. The number of benzene rings is 2. The standard InChI is InChI=1S/C9H10O4P.C7H8/c1-12-7-4-3-5-8(9(7)13-2)14(11)6-10;1-7-5-3-2-4-6-7/h3-6H,1-2H3;2-6H,1H3/q+1;. The molecule has 0 aliphatic carbocycles. The van der Waals surface area contributed by atoms with Crippen molar-refractivity contribution in [2.75, 3.05) is 14.2 Å². The molecule has 110 valence electrons. The van der Waals surface area contributed by atoms with Crippen LogP contribution in [0.5, 0.6) is 11.5 Å². The summed E-state index contributed by atoms with van der Waals surface area (Å²) in [6.45, 7) is 2.08. The summed E-state index contributed by atoms with van der Waals surface area (Å²) < 4.78 is 21.3. The van der Waals surface area contributed by atoms with E-state index in [0.717, 1.165) is 0 Å². The highest BCUT2D eigenvalue weighted by molar-refractivity contribution is 7.68. The van der Waals surface area contributed by atoms with Gasteiger partial charge >= 0.3 is 13.8 Å². The van der Waals surface area contributed by atoms with Gasteiger partial charge in [0.2, 0.25) is 11.1 Å². The zero-order valence-electron chi connectivity index (χ0n) is 12.3. The van der Waals surface area contributed by atoms with Gasteiger partial charge in [0.15, 0.2) is 5.75 Å². The Morgan fingerprint density at radius 3 is 2.05 bits per heavy atom. The molecule has 0 spiro atoms. The number of hydrogen-bond donors (Lipinski definition) is 0. The van der Waals surface area contributed by atoms with Gasteiger partial charge in [-0.25, -0.2) is 4.79 Å². The predicted octanol–water partition coefficient (Wildman–Crippen LogP) is 3.34. The molecule has 21 heavy (non-hydrogen) atoms. The predicted molar refractivity (Wildman–Crippen MR) is 84.7 cm³/mol. The average molecular weight is 305 g/mol. The van der Waals surface area contributed by atoms with E-state index in [0.29, 0.717) is 22.8 Å². The fourth-order valence-corrected chi connectivity index (χ4v) is 2.38. The Morgan fingerprint density at radius 2 is 1.62 bits per heavy atom. The van der Waals surface area contributed by atoms with Crippen molar-refractivity contribution in [1.29, 1.82) is 0 Å². The third-order valence-electron chi connectivity index (χ3n) is 2.66. The summed E-state index contributed by atoms with van der Waals surface area (Å²) in [5.74, 6) is 0.818. The van der Waals surface area contributed by atoms with Crippen LogP contribution in [-0.2, 0) is 9.36 Å². The minimum Gasteiger partial charge on any atom is -0.493 e. The van der Waals surface area contributed by atoms with Crippen molar-refractivity contribution >= 4 is 19.1 Å². The summed E-state index contributed by atoms with van der Waals surface area (Å²) >= 11 is 0. The van der Waals surface area contributed by atoms with Gasteiger partial charge in [-0.1, -0.05) is 46.5 Å². The molecule has 0 aliphatic rings. The van der Waals surface area contributed by atoms with E-state index in [4.69, 9.17) is 9.47 Å². The quantitative estimate of drug-likeness (QED) is 0.642. The zero-order chi connectivity index (χ0) is 15.7. The minimum absolute atomic E-state index is 0.350. The number of hydrogen-bond acceptors (Lipinski definition) is 4. The normalized spacial score (nSPS) is 9.95. The van der Waals surface area contributed by atoms with E-state index in [-0.39, 0.29) is 0 Å². The Bertz CT molecular complexity index is 596. The fraction of sp³-hybridized carbons (Fsp3) is 0.188. The Morgan fingerprint density at radius 1 is 0.952 bits per heavy atom. The summed E-state index contributed by atoms with van der Waals surface area (Å²) in [6.07, 6.45) is 0. The maximum absolute atomic E-state index is 11.3. The highest BCUT2D eigenvalue weighted by Crippen LogP contribution is 2.31. The molecule has 0 heterocycles. The molecule has 2 rings (SSSR count). The summed E-state index contributed by atoms with van der Waals surface area (Å²) in [5.41, 5.74) is 1.32. The van der Waals surface area contributed by atoms with Crippen molar-refractivity contribution in [1.82, 2.24) is 0 Å². The van der Waals surface area contributed by atoms with Gasteiger partial charge in [-0.15, -0.1) is 0 Å². The van der Waals surface area contributed by atoms with Crippen LogP contribution in [0.4, 0.5) is 0 Å². The maximum Gasteiger partial charge on any atom is 0.454 e. The van der Waals surface area contributed by atoms with Gasteiger partial charge in [0.05, 0.1) is 14.2 Å². The summed E-state index contributed by atoms with van der Waals surface area (Å²) in [7, 11) is 0.864. The van der Waals surface area contributed by atoms with Crippen LogP contribution < -0.4 is 14.8 Å². The number of para-hydroxylation sites is 1. The highest BCUT2D eigenvalue weighted by Gasteiger charge is 2.26. The smallest absolute Gasteiger partial charge is 0.454 e. The van der Waals surface area contributed by atoms with Crippen LogP contribution in [0.1, 0.15) is 5.56 Å². The van der Waals surface area contributed by atoms with Crippen LogP contribution in [-0.4, -0.2) is 20.2 Å². The van der Waals surface area contributed by atoms with Crippen LogP contribution >= 0.6 is 7.80 Å². The first-order chi connectivity index (χ1) is 10.1. The average Bonchev–Trinajstić information content (AvgIpc) is 2.54. The van der Waals surface area contributed by atoms with Gasteiger partial charge in [-0.05, 0) is 19.1 Å². The Kier molecular flexibility index (Phi) is 7.13. The zero-order valence-corrected chi connectivity index (χ0v) is 13.2. The molecule has 2 aromatic carbocycles. The van der Waals surface area contributed by atoms with Crippen LogP contribution in [0.25, 0.3) is 0 Å². The van der Waals surface area contributed by atoms with Crippen LogP contribution in [0.15, 0.2) is 48.5 Å². The minimum atomic E-state index is -2.06. The van der Waals surface area contributed by atoms with Gasteiger partial charge in [0.1, 0.15) is 0 Å². The van der Waals surface area contributed by atoms with Gasteiger partial charge < -0.3 is 9.47 Å². The van der Waals surface area contributed by atoms with Crippen molar-refractivity contribution in [3.63, 3.8) is 0 Å². The topological polar surface area (TPSA) is 52.6 Å². The molecule has 0 amide bonds. The van der Waals surface area contributed by atoms with Crippen LogP contribution in [0.3, 0.4) is 0 Å². The molecule has 0 saturated carbocycles. The number of methoxy groups -OCH3 is 2. The number of rotatable bonds is 4. The molecule has 0 bridgehead atoms. The summed E-state index contributed by atoms with van der Waals surface area (Å²) in [5, 5.41) is 0.358. The van der Waals surface area contributed by atoms with Crippen molar-refractivity contribution in [2.24, 2.45) is 0 Å². The molecule has 1 atom stereocenters. The molecule has 0 N–H and O–H groups in total. The highest BCUT2D eigenvalue weighted by atomic mass is 31.1. The monoisotopic (exact) mass is 305 g/mol. The van der Waals surface area contributed by atoms with Gasteiger partial charge in [-0.3, -0.25) is 0 Å². The first-order valence-corrected chi connectivity index (χ1v) is 7.61. The molecular formula is C16H18O4P+. The number of carbonyl (C=O) groups is 1. The van der Waals surface area contributed by atoms with Crippen molar-refractivity contribution in [3.8, 4) is 11.5 Å². The Hall–Kier alpha value is -2.19. The van der Waals surface area contributed by atoms with E-state index < -0.39 is 7.80 Å². The molecule has 4 nitrogen and oxygen atoms in total. The first-order valence-electron chi connectivity index (χ1n) is 6.28. The lowest BCUT2D eigenvalue weighted by Gasteiger charge is -2.05. The lowest BCUT2D eigenvalue weighted by Crippen LogP contribution is -2.04. The second kappa shape index (κ2) is 8.88. The number of carbonyl (C=O) groups excluding carboxylic acids is 1. The Labute approximate surface area is 125 Å². The molecule has 2 aromatic rings. The molecule has 0 aromatic heterocycles. The number of aryl methyl sites for hydroxylation is 1. The van der Waals surface area contributed by atoms with E-state index in [9.17, 15) is 9.36 Å². The van der Waals surface area contributed by atoms with Crippen LogP contribution in [0, 0.1) is 6.92 Å². The van der Waals surface area contributed by atoms with Crippen LogP contribution in [0.2, 0.25) is 0 Å². The first kappa shape index (κ1) is 16.9. The third kappa shape index (κ3) is 5.01. The molecule has 0 aliphatic heterocycles. The third-order valence-corrected chi connectivity index (χ3v) is 3.67. The molecule has 0 radical (unpaired) electrons. The maximum atomic E-state index is 11.3. The fourth-order valence-electron chi connectivity index (χ4n) is 1.63. The SMILES string of the molecule is COc1cccc([P+](=O)C=O)c1OC.Cc1ccccc1. The lowest BCUT2D eigenvalue weighted by molar-refractivity contribution is 0.357. The van der Waals surface area contributed by atoms with Crippen molar-refractivity contribution in [3.05, 3.63) is 54.1 Å². The van der Waals surface area contributed by atoms with E-state index in [1.165, 1.54) is 19.8 Å². The largest absolute Gasteiger partial charge is 0.493 e. The van der Waals surface area contributed by atoms with Crippen molar-refractivity contribution in [2.45, 2.75) is 6.92 Å². The summed E-state index contributed by atoms with van der Waals surface area (Å²) in [6, 6.07) is 15.6. The van der Waals surface area contributed by atoms with Crippen molar-refractivity contribution < 1.29 is 18.8 Å². The molecule has 1 unspecified atom stereocenters. The molecule has 0 saturated heterocycles. The van der Waals surface area contributed by atoms with Gasteiger partial charge in [0.25, 0.3) is 0 Å². The van der Waals surface area contributed by atoms with Gasteiger partial charge in [0, 0.05) is 0 Å². The second-order valence-electron chi connectivity index (χ2n) is 4.10. The number of ether oxygens (including phenoxy) is 2. The van der Waals surface area contributed by atoms with E-state index in [1.807, 2.05) is 18.2 Å². The van der Waals surface area contributed by atoms with E-state index in [1.54, 1.807) is 18.2 Å². The summed E-state index contributed by atoms with van der Waals surface area (Å²) in [4.78, 5) is 10.4. The van der Waals surface area contributed by atoms with E-state index >= 15 is 0 Å². The molecular weight excluding hydrogens is 287 g/mol. The molecule has 5 heteroatoms. The van der Waals surface area contributed by atoms with Gasteiger partial charge in [-0.2, -0.15) is 0 Å². The Balaban J connectivity index is 0.000000262. The van der Waals surface area contributed by atoms with E-state index in [2.05, 4.69) is 19.1 Å². The lowest BCUT2D eigenvalue weighted by atomic mass is 10.2.